The first-order valence-electron chi connectivity index (χ1n) is 11.3. The number of aromatic nitrogens is 1. The van der Waals surface area contributed by atoms with Crippen LogP contribution in [0.1, 0.15) is 60.2 Å². The Morgan fingerprint density at radius 3 is 2.44 bits per heavy atom. The lowest BCUT2D eigenvalue weighted by atomic mass is 9.87. The number of halogens is 3. The van der Waals surface area contributed by atoms with E-state index in [9.17, 15) is 18.3 Å². The first-order valence-corrected chi connectivity index (χ1v) is 11.3. The number of benzene rings is 1. The van der Waals surface area contributed by atoms with Crippen molar-refractivity contribution in [1.82, 2.24) is 9.88 Å². The summed E-state index contributed by atoms with van der Waals surface area (Å²) in [5, 5.41) is 10.2. The van der Waals surface area contributed by atoms with Gasteiger partial charge in [-0.1, -0.05) is 30.7 Å². The number of nitrogens with zero attached hydrogens (tertiary/aromatic N) is 2. The van der Waals surface area contributed by atoms with E-state index in [4.69, 9.17) is 4.74 Å². The Labute approximate surface area is 186 Å². The maximum Gasteiger partial charge on any atom is 0.417 e. The minimum absolute atomic E-state index is 0.428. The van der Waals surface area contributed by atoms with E-state index in [1.807, 2.05) is 11.8 Å². The van der Waals surface area contributed by atoms with Crippen LogP contribution in [0.15, 0.2) is 36.0 Å². The smallest absolute Gasteiger partial charge is 0.356 e. The van der Waals surface area contributed by atoms with Gasteiger partial charge in [-0.25, -0.2) is 0 Å². The number of ether oxygens (including phenoxy) is 1. The third-order valence-corrected chi connectivity index (χ3v) is 6.42. The summed E-state index contributed by atoms with van der Waals surface area (Å²) in [4.78, 5) is 6.24. The average molecular weight is 447 g/mol. The van der Waals surface area contributed by atoms with Gasteiger partial charge in [0.25, 0.3) is 0 Å². The Morgan fingerprint density at radius 1 is 1.06 bits per heavy atom. The molecule has 2 aliphatic rings. The van der Waals surface area contributed by atoms with E-state index in [1.54, 1.807) is 0 Å². The Hall–Kier alpha value is -2.22. The maximum absolute atomic E-state index is 13.4. The largest absolute Gasteiger partial charge is 0.417 e. The number of rotatable bonds is 4. The number of aliphatic hydroxyl groups is 1. The van der Waals surface area contributed by atoms with Crippen molar-refractivity contribution in [2.45, 2.75) is 58.5 Å². The van der Waals surface area contributed by atoms with Crippen LogP contribution < -0.4 is 0 Å². The number of likely N-dealkylation sites (tertiary alicyclic amines) is 1. The van der Waals surface area contributed by atoms with Gasteiger partial charge in [-0.2, -0.15) is 13.2 Å². The first-order chi connectivity index (χ1) is 15.3. The molecule has 1 saturated heterocycles. The quantitative estimate of drug-likeness (QED) is 0.674. The molecule has 7 heteroatoms. The molecule has 0 radical (unpaired) electrons. The minimum atomic E-state index is -4.41. The third kappa shape index (κ3) is 4.60. The van der Waals surface area contributed by atoms with E-state index >= 15 is 0 Å². The highest BCUT2D eigenvalue weighted by Gasteiger charge is 2.33. The molecule has 4 rings (SSSR count). The standard InChI is InChI=1S/C25H29F3N2O2/c1-3-16-5-8-21-18(13-16)6-7-19-14-20(25(26,27)28)15-29-23(19)22(21)17-9-11-30(12-10-17)24(31)32-4-2/h5,8,13-15,24,31H,3-4,6-7,9-12H2,1-2H3. The van der Waals surface area contributed by atoms with E-state index in [-0.39, 0.29) is 0 Å². The molecule has 0 bridgehead atoms. The fraction of sp³-hybridized carbons (Fsp3) is 0.480. The number of pyridine rings is 1. The van der Waals surface area contributed by atoms with Gasteiger partial charge in [0.05, 0.1) is 11.3 Å². The summed E-state index contributed by atoms with van der Waals surface area (Å²) < 4.78 is 45.4. The summed E-state index contributed by atoms with van der Waals surface area (Å²) in [5.74, 6) is 0. The Kier molecular flexibility index (Phi) is 6.70. The molecule has 2 heterocycles. The maximum atomic E-state index is 13.4. The van der Waals surface area contributed by atoms with E-state index < -0.39 is 18.2 Å². The molecule has 1 fully saturated rings. The summed E-state index contributed by atoms with van der Waals surface area (Å²) in [6.07, 6.45) is -0.854. The first kappa shape index (κ1) is 23.0. The molecule has 32 heavy (non-hydrogen) atoms. The molecule has 1 aliphatic carbocycles. The zero-order valence-corrected chi connectivity index (χ0v) is 18.5. The van der Waals surface area contributed by atoms with Gasteiger partial charge in [0.2, 0.25) is 6.41 Å². The molecule has 1 unspecified atom stereocenters. The molecule has 4 nitrogen and oxygen atoms in total. The normalized spacial score (nSPS) is 18.2. The van der Waals surface area contributed by atoms with Crippen molar-refractivity contribution in [1.29, 1.82) is 0 Å². The number of alkyl halides is 3. The molecule has 2 aromatic rings. The van der Waals surface area contributed by atoms with Gasteiger partial charge < -0.3 is 9.84 Å². The number of hydrogen-bond acceptors (Lipinski definition) is 4. The van der Waals surface area contributed by atoms with Gasteiger partial charge in [-0.15, -0.1) is 0 Å². The molecular weight excluding hydrogens is 417 g/mol. The molecule has 1 aromatic heterocycles. The highest BCUT2D eigenvalue weighted by molar-refractivity contribution is 5.84. The monoisotopic (exact) mass is 446 g/mol. The van der Waals surface area contributed by atoms with Gasteiger partial charge in [0.1, 0.15) is 0 Å². The molecule has 1 aromatic carbocycles. The lowest BCUT2D eigenvalue weighted by molar-refractivity contribution is -0.192. The molecule has 1 aliphatic heterocycles. The van der Waals surface area contributed by atoms with Crippen molar-refractivity contribution in [3.8, 4) is 0 Å². The summed E-state index contributed by atoms with van der Waals surface area (Å²) in [7, 11) is 0. The van der Waals surface area contributed by atoms with Crippen molar-refractivity contribution < 1.29 is 23.0 Å². The van der Waals surface area contributed by atoms with Crippen LogP contribution in [0.3, 0.4) is 0 Å². The number of hydrogen-bond donors (Lipinski definition) is 1. The van der Waals surface area contributed by atoms with Crippen LogP contribution >= 0.6 is 0 Å². The van der Waals surface area contributed by atoms with Crippen LogP contribution in [0.4, 0.5) is 13.2 Å². The van der Waals surface area contributed by atoms with Gasteiger partial charge in [0.15, 0.2) is 0 Å². The molecule has 0 amide bonds. The highest BCUT2D eigenvalue weighted by Crippen LogP contribution is 2.40. The Morgan fingerprint density at radius 2 is 1.78 bits per heavy atom. The van der Waals surface area contributed by atoms with Crippen LogP contribution in [0.25, 0.3) is 5.57 Å². The molecule has 1 atom stereocenters. The fourth-order valence-corrected chi connectivity index (χ4v) is 4.67. The van der Waals surface area contributed by atoms with Crippen LogP contribution in [0, 0.1) is 0 Å². The zero-order chi connectivity index (χ0) is 22.9. The Balaban J connectivity index is 1.79. The van der Waals surface area contributed by atoms with Crippen molar-refractivity contribution in [2.75, 3.05) is 19.7 Å². The topological polar surface area (TPSA) is 45.6 Å². The fourth-order valence-electron chi connectivity index (χ4n) is 4.67. The Bertz CT molecular complexity index is 1010. The second-order valence-electron chi connectivity index (χ2n) is 8.37. The van der Waals surface area contributed by atoms with Gasteiger partial charge >= 0.3 is 6.18 Å². The van der Waals surface area contributed by atoms with Crippen molar-refractivity contribution in [3.63, 3.8) is 0 Å². The number of aryl methyl sites for hydroxylation is 3. The summed E-state index contributed by atoms with van der Waals surface area (Å²) in [6.45, 7) is 5.61. The number of piperidine rings is 1. The van der Waals surface area contributed by atoms with Crippen LogP contribution in [-0.2, 0) is 30.2 Å². The second kappa shape index (κ2) is 9.33. The van der Waals surface area contributed by atoms with Gasteiger partial charge in [0, 0.05) is 31.5 Å². The predicted molar refractivity (Wildman–Crippen MR) is 117 cm³/mol. The number of aliphatic hydroxyl groups excluding tert-OH is 1. The second-order valence-corrected chi connectivity index (χ2v) is 8.37. The van der Waals surface area contributed by atoms with E-state index in [0.29, 0.717) is 56.6 Å². The lowest BCUT2D eigenvalue weighted by Crippen LogP contribution is -2.41. The van der Waals surface area contributed by atoms with Crippen molar-refractivity contribution in [3.05, 3.63) is 69.5 Å². The molecule has 172 valence electrons. The van der Waals surface area contributed by atoms with Crippen molar-refractivity contribution in [2.24, 2.45) is 0 Å². The summed E-state index contributed by atoms with van der Waals surface area (Å²) in [6, 6.07) is 7.65. The molecular formula is C25H29F3N2O2. The minimum Gasteiger partial charge on any atom is -0.356 e. The van der Waals surface area contributed by atoms with Crippen molar-refractivity contribution >= 4 is 5.57 Å². The number of fused-ring (bicyclic) bond motifs is 2. The average Bonchev–Trinajstić information content (AvgIpc) is 2.94. The van der Waals surface area contributed by atoms with E-state index in [2.05, 4.69) is 30.1 Å². The third-order valence-electron chi connectivity index (χ3n) is 6.42. The SMILES string of the molecule is CCOC(O)N1CCC(=C2c3ccc(CC)cc3CCc3cc(C(F)(F)F)cnc32)CC1. The zero-order valence-electron chi connectivity index (χ0n) is 18.5. The van der Waals surface area contributed by atoms with Gasteiger partial charge in [-0.3, -0.25) is 9.88 Å². The summed E-state index contributed by atoms with van der Waals surface area (Å²) in [5.41, 5.74) is 6.20. The van der Waals surface area contributed by atoms with Crippen LogP contribution in [0.5, 0.6) is 0 Å². The molecule has 0 saturated carbocycles. The van der Waals surface area contributed by atoms with Crippen LogP contribution in [-0.4, -0.2) is 41.1 Å². The molecule has 1 N–H and O–H groups in total. The molecule has 0 spiro atoms. The van der Waals surface area contributed by atoms with Crippen LogP contribution in [0.2, 0.25) is 0 Å². The highest BCUT2D eigenvalue weighted by atomic mass is 19.4. The lowest BCUT2D eigenvalue weighted by Gasteiger charge is -2.33. The van der Waals surface area contributed by atoms with Gasteiger partial charge in [-0.05, 0) is 67.3 Å². The predicted octanol–water partition coefficient (Wildman–Crippen LogP) is 4.97. The van der Waals surface area contributed by atoms with E-state index in [1.165, 1.54) is 17.2 Å². The van der Waals surface area contributed by atoms with E-state index in [0.717, 1.165) is 29.3 Å². The summed E-state index contributed by atoms with van der Waals surface area (Å²) >= 11 is 0.